The summed E-state index contributed by atoms with van der Waals surface area (Å²) in [5.41, 5.74) is 4.56. The lowest BCUT2D eigenvalue weighted by Gasteiger charge is -2.20. The van der Waals surface area contributed by atoms with Crippen molar-refractivity contribution < 1.29 is 5.11 Å². The van der Waals surface area contributed by atoms with Gasteiger partial charge in [-0.3, -0.25) is 0 Å². The first-order chi connectivity index (χ1) is 9.90. The van der Waals surface area contributed by atoms with Crippen LogP contribution in [-0.4, -0.2) is 5.11 Å². The highest BCUT2D eigenvalue weighted by Gasteiger charge is 2.17. The highest BCUT2D eigenvalue weighted by molar-refractivity contribution is 14.1. The molecule has 0 aliphatic heterocycles. The maximum atomic E-state index is 10.8. The van der Waals surface area contributed by atoms with E-state index < -0.39 is 6.10 Å². The third-order valence-electron chi connectivity index (χ3n) is 3.86. The van der Waals surface area contributed by atoms with Crippen LogP contribution >= 0.6 is 22.6 Å². The average Bonchev–Trinajstić information content (AvgIpc) is 2.45. The Morgan fingerprint density at radius 2 is 1.52 bits per heavy atom. The molecule has 0 heterocycles. The summed E-state index contributed by atoms with van der Waals surface area (Å²) < 4.78 is 1.15. The van der Waals surface area contributed by atoms with E-state index in [-0.39, 0.29) is 0 Å². The first kappa shape index (κ1) is 16.5. The van der Waals surface area contributed by atoms with Gasteiger partial charge in [0.25, 0.3) is 0 Å². The molecular formula is C19H23IO. The third kappa shape index (κ3) is 3.86. The summed E-state index contributed by atoms with van der Waals surface area (Å²) in [5, 5.41) is 10.8. The lowest BCUT2D eigenvalue weighted by Crippen LogP contribution is -2.06. The van der Waals surface area contributed by atoms with Crippen molar-refractivity contribution in [2.75, 3.05) is 0 Å². The molecule has 0 radical (unpaired) electrons. The maximum absolute atomic E-state index is 10.8. The molecule has 21 heavy (non-hydrogen) atoms. The quantitative estimate of drug-likeness (QED) is 0.668. The highest BCUT2D eigenvalue weighted by atomic mass is 127. The molecule has 1 N–H and O–H groups in total. The number of aliphatic hydroxyl groups excluding tert-OH is 1. The van der Waals surface area contributed by atoms with Gasteiger partial charge in [-0.1, -0.05) is 58.0 Å². The molecule has 2 rings (SSSR count). The summed E-state index contributed by atoms with van der Waals surface area (Å²) >= 11 is 2.28. The zero-order valence-electron chi connectivity index (χ0n) is 13.1. The predicted molar refractivity (Wildman–Crippen MR) is 97.8 cm³/mol. The Hall–Kier alpha value is -0.870. The van der Waals surface area contributed by atoms with Crippen LogP contribution < -0.4 is 0 Å². The van der Waals surface area contributed by atoms with E-state index in [0.717, 1.165) is 14.7 Å². The normalized spacial score (nSPS) is 13.0. The van der Waals surface area contributed by atoms with Crippen LogP contribution in [0.5, 0.6) is 0 Å². The number of hydrogen-bond donors (Lipinski definition) is 1. The van der Waals surface area contributed by atoms with E-state index in [1.807, 2.05) is 24.3 Å². The fraction of sp³-hybridized carbons (Fsp3) is 0.368. The molecule has 2 heteroatoms. The fourth-order valence-electron chi connectivity index (χ4n) is 2.56. The summed E-state index contributed by atoms with van der Waals surface area (Å²) in [6.07, 6.45) is -0.557. The molecule has 2 aromatic carbocycles. The SMILES string of the molecule is CC(C)c1ccc(C(O)c2cccc(I)c2)c(C(C)C)c1. The van der Waals surface area contributed by atoms with Gasteiger partial charge >= 0.3 is 0 Å². The van der Waals surface area contributed by atoms with Gasteiger partial charge < -0.3 is 5.11 Å². The van der Waals surface area contributed by atoms with Gasteiger partial charge in [-0.05, 0) is 68.8 Å². The number of rotatable bonds is 4. The average molecular weight is 394 g/mol. The Morgan fingerprint density at radius 1 is 0.810 bits per heavy atom. The second-order valence-corrected chi connectivity index (χ2v) is 7.40. The van der Waals surface area contributed by atoms with E-state index in [4.69, 9.17) is 0 Å². The van der Waals surface area contributed by atoms with Crippen LogP contribution in [0.2, 0.25) is 0 Å². The molecule has 0 aromatic heterocycles. The van der Waals surface area contributed by atoms with Crippen molar-refractivity contribution in [2.24, 2.45) is 0 Å². The second-order valence-electron chi connectivity index (χ2n) is 6.16. The molecule has 0 aliphatic carbocycles. The lowest BCUT2D eigenvalue weighted by molar-refractivity contribution is 0.218. The zero-order valence-corrected chi connectivity index (χ0v) is 15.3. The van der Waals surface area contributed by atoms with Gasteiger partial charge in [-0.2, -0.15) is 0 Å². The predicted octanol–water partition coefficient (Wildman–Crippen LogP) is 5.62. The lowest BCUT2D eigenvalue weighted by atomic mass is 9.87. The van der Waals surface area contributed by atoms with Gasteiger partial charge in [-0.15, -0.1) is 0 Å². The minimum absolute atomic E-state index is 0.399. The summed E-state index contributed by atoms with van der Waals surface area (Å²) in [6, 6.07) is 14.6. The molecule has 1 atom stereocenters. The van der Waals surface area contributed by atoms with Crippen LogP contribution in [0.25, 0.3) is 0 Å². The largest absolute Gasteiger partial charge is 0.384 e. The van der Waals surface area contributed by atoms with E-state index in [1.54, 1.807) is 0 Å². The molecule has 0 spiro atoms. The van der Waals surface area contributed by atoms with Crippen LogP contribution in [0, 0.1) is 3.57 Å². The van der Waals surface area contributed by atoms with Crippen LogP contribution in [-0.2, 0) is 0 Å². The highest BCUT2D eigenvalue weighted by Crippen LogP contribution is 2.32. The Labute approximate surface area is 141 Å². The van der Waals surface area contributed by atoms with E-state index >= 15 is 0 Å². The van der Waals surface area contributed by atoms with E-state index in [9.17, 15) is 5.11 Å². The van der Waals surface area contributed by atoms with E-state index in [0.29, 0.717) is 11.8 Å². The minimum atomic E-state index is -0.557. The molecule has 2 aromatic rings. The smallest absolute Gasteiger partial charge is 0.104 e. The standard InChI is InChI=1S/C19H23IO/c1-12(2)14-8-9-17(18(11-14)13(3)4)19(21)15-6-5-7-16(20)10-15/h5-13,19,21H,1-4H3. The van der Waals surface area contributed by atoms with Crippen LogP contribution in [0.3, 0.4) is 0 Å². The van der Waals surface area contributed by atoms with Crippen molar-refractivity contribution in [3.05, 3.63) is 68.3 Å². The molecule has 1 unspecified atom stereocenters. The van der Waals surface area contributed by atoms with Gasteiger partial charge in [0.2, 0.25) is 0 Å². The number of benzene rings is 2. The zero-order chi connectivity index (χ0) is 15.6. The van der Waals surface area contributed by atoms with Gasteiger partial charge in [0.05, 0.1) is 0 Å². The number of hydrogen-bond acceptors (Lipinski definition) is 1. The van der Waals surface area contributed by atoms with Crippen molar-refractivity contribution in [3.63, 3.8) is 0 Å². The minimum Gasteiger partial charge on any atom is -0.384 e. The Bertz CT molecular complexity index is 617. The number of halogens is 1. The van der Waals surface area contributed by atoms with Crippen molar-refractivity contribution in [2.45, 2.75) is 45.6 Å². The molecule has 0 saturated carbocycles. The van der Waals surface area contributed by atoms with Gasteiger partial charge in [0.15, 0.2) is 0 Å². The number of aliphatic hydroxyl groups is 1. The topological polar surface area (TPSA) is 20.2 Å². The summed E-state index contributed by atoms with van der Waals surface area (Å²) in [6.45, 7) is 8.78. The van der Waals surface area contributed by atoms with Crippen molar-refractivity contribution in [1.29, 1.82) is 0 Å². The third-order valence-corrected chi connectivity index (χ3v) is 4.53. The van der Waals surface area contributed by atoms with Crippen LogP contribution in [0.1, 0.15) is 67.9 Å². The first-order valence-corrected chi connectivity index (χ1v) is 8.55. The van der Waals surface area contributed by atoms with Crippen LogP contribution in [0.4, 0.5) is 0 Å². The Kier molecular flexibility index (Phi) is 5.44. The molecule has 1 nitrogen and oxygen atoms in total. The van der Waals surface area contributed by atoms with Gasteiger partial charge in [-0.25, -0.2) is 0 Å². The maximum Gasteiger partial charge on any atom is 0.104 e. The second kappa shape index (κ2) is 6.93. The monoisotopic (exact) mass is 394 g/mol. The van der Waals surface area contributed by atoms with Crippen molar-refractivity contribution in [1.82, 2.24) is 0 Å². The van der Waals surface area contributed by atoms with Gasteiger partial charge in [0.1, 0.15) is 6.10 Å². The summed E-state index contributed by atoms with van der Waals surface area (Å²) in [5.74, 6) is 0.905. The van der Waals surface area contributed by atoms with Gasteiger partial charge in [0, 0.05) is 3.57 Å². The Balaban J connectivity index is 2.47. The molecule has 0 amide bonds. The van der Waals surface area contributed by atoms with Crippen molar-refractivity contribution >= 4 is 22.6 Å². The van der Waals surface area contributed by atoms with E-state index in [1.165, 1.54) is 11.1 Å². The molecule has 0 bridgehead atoms. The van der Waals surface area contributed by atoms with Crippen molar-refractivity contribution in [3.8, 4) is 0 Å². The van der Waals surface area contributed by atoms with E-state index in [2.05, 4.69) is 68.5 Å². The first-order valence-electron chi connectivity index (χ1n) is 7.47. The fourth-order valence-corrected chi connectivity index (χ4v) is 3.12. The molecule has 112 valence electrons. The molecule has 0 saturated heterocycles. The molecule has 0 fully saturated rings. The molecular weight excluding hydrogens is 371 g/mol. The molecule has 0 aliphatic rings. The summed E-state index contributed by atoms with van der Waals surface area (Å²) in [4.78, 5) is 0. The van der Waals surface area contributed by atoms with Crippen LogP contribution in [0.15, 0.2) is 42.5 Å². The Morgan fingerprint density at radius 3 is 2.10 bits per heavy atom. The summed E-state index contributed by atoms with van der Waals surface area (Å²) in [7, 11) is 0.